The van der Waals surface area contributed by atoms with Gasteiger partial charge >= 0.3 is 12.1 Å². The Hall–Kier alpha value is -1.46. The molecule has 1 saturated heterocycles. The summed E-state index contributed by atoms with van der Waals surface area (Å²) >= 11 is 0. The van der Waals surface area contributed by atoms with Gasteiger partial charge in [0.1, 0.15) is 6.61 Å². The molecule has 0 saturated carbocycles. The maximum atomic E-state index is 11.3. The first-order valence-corrected chi connectivity index (χ1v) is 6.61. The Morgan fingerprint density at radius 3 is 2.83 bits per heavy atom. The number of amides is 3. The van der Waals surface area contributed by atoms with Crippen LogP contribution in [0.1, 0.15) is 39.0 Å². The fourth-order valence-corrected chi connectivity index (χ4v) is 2.07. The van der Waals surface area contributed by atoms with Crippen molar-refractivity contribution in [2.45, 2.75) is 45.1 Å². The molecule has 1 aliphatic heterocycles. The standard InChI is InChI=1S/C12H23N3O3/c1-2-3-4-5-10(14-11(13)16)6-7-15-8-9-18-12(15)17/h10H,2-9H2,1H3,(H3,13,14,16). The number of ether oxygens (including phenoxy) is 1. The molecule has 0 radical (unpaired) electrons. The van der Waals surface area contributed by atoms with Crippen LogP contribution in [0.3, 0.4) is 0 Å². The van der Waals surface area contributed by atoms with Gasteiger partial charge in [-0.2, -0.15) is 0 Å². The molecule has 3 N–H and O–H groups in total. The highest BCUT2D eigenvalue weighted by molar-refractivity contribution is 5.72. The molecule has 1 unspecified atom stereocenters. The minimum Gasteiger partial charge on any atom is -0.448 e. The van der Waals surface area contributed by atoms with Gasteiger partial charge in [0.2, 0.25) is 0 Å². The van der Waals surface area contributed by atoms with Crippen molar-refractivity contribution in [1.82, 2.24) is 10.2 Å². The fraction of sp³-hybridized carbons (Fsp3) is 0.833. The van der Waals surface area contributed by atoms with E-state index in [1.165, 1.54) is 0 Å². The van der Waals surface area contributed by atoms with E-state index in [1.54, 1.807) is 4.90 Å². The van der Waals surface area contributed by atoms with Crippen molar-refractivity contribution in [2.75, 3.05) is 19.7 Å². The van der Waals surface area contributed by atoms with Gasteiger partial charge in [0.05, 0.1) is 6.54 Å². The first kappa shape index (κ1) is 14.6. The van der Waals surface area contributed by atoms with Gasteiger partial charge in [0, 0.05) is 12.6 Å². The maximum absolute atomic E-state index is 11.3. The monoisotopic (exact) mass is 257 g/mol. The van der Waals surface area contributed by atoms with Gasteiger partial charge in [-0.15, -0.1) is 0 Å². The van der Waals surface area contributed by atoms with Gasteiger partial charge in [-0.05, 0) is 12.8 Å². The van der Waals surface area contributed by atoms with E-state index in [4.69, 9.17) is 10.5 Å². The molecule has 0 spiro atoms. The van der Waals surface area contributed by atoms with Crippen molar-refractivity contribution in [3.8, 4) is 0 Å². The number of hydrogen-bond acceptors (Lipinski definition) is 3. The smallest absolute Gasteiger partial charge is 0.409 e. The summed E-state index contributed by atoms with van der Waals surface area (Å²) in [7, 11) is 0. The highest BCUT2D eigenvalue weighted by Gasteiger charge is 2.22. The maximum Gasteiger partial charge on any atom is 0.409 e. The van der Waals surface area contributed by atoms with E-state index in [-0.39, 0.29) is 12.1 Å². The Bertz CT molecular complexity index is 284. The molecule has 0 aromatic carbocycles. The normalized spacial score (nSPS) is 16.5. The summed E-state index contributed by atoms with van der Waals surface area (Å²) < 4.78 is 4.85. The van der Waals surface area contributed by atoms with Crippen LogP contribution in [0.4, 0.5) is 9.59 Å². The molecule has 1 atom stereocenters. The minimum atomic E-state index is -0.500. The zero-order valence-electron chi connectivity index (χ0n) is 11.0. The topological polar surface area (TPSA) is 84.7 Å². The number of nitrogens with two attached hydrogens (primary N) is 1. The molecule has 0 aromatic rings. The fourth-order valence-electron chi connectivity index (χ4n) is 2.07. The molecule has 1 fully saturated rings. The number of hydrogen-bond donors (Lipinski definition) is 2. The SMILES string of the molecule is CCCCCC(CCN1CCOC1=O)NC(N)=O. The van der Waals surface area contributed by atoms with Crippen molar-refractivity contribution in [3.63, 3.8) is 0 Å². The Morgan fingerprint density at radius 2 is 2.28 bits per heavy atom. The summed E-state index contributed by atoms with van der Waals surface area (Å²) in [5.41, 5.74) is 5.15. The van der Waals surface area contributed by atoms with Crippen molar-refractivity contribution in [1.29, 1.82) is 0 Å². The van der Waals surface area contributed by atoms with Crippen LogP contribution in [0.5, 0.6) is 0 Å². The number of primary amides is 1. The molecule has 18 heavy (non-hydrogen) atoms. The lowest BCUT2D eigenvalue weighted by Crippen LogP contribution is -2.41. The van der Waals surface area contributed by atoms with Crippen LogP contribution in [0.25, 0.3) is 0 Å². The largest absolute Gasteiger partial charge is 0.448 e. The summed E-state index contributed by atoms with van der Waals surface area (Å²) in [6.45, 7) is 3.84. The molecule has 1 aliphatic rings. The van der Waals surface area contributed by atoms with Crippen LogP contribution in [0.15, 0.2) is 0 Å². The van der Waals surface area contributed by atoms with Crippen molar-refractivity contribution >= 4 is 12.1 Å². The molecule has 0 aliphatic carbocycles. The van der Waals surface area contributed by atoms with E-state index in [1.807, 2.05) is 0 Å². The molecule has 1 rings (SSSR count). The second-order valence-electron chi connectivity index (χ2n) is 4.59. The number of urea groups is 1. The van der Waals surface area contributed by atoms with Gasteiger partial charge in [-0.1, -0.05) is 26.2 Å². The van der Waals surface area contributed by atoms with Crippen LogP contribution in [-0.2, 0) is 4.74 Å². The Morgan fingerprint density at radius 1 is 1.50 bits per heavy atom. The van der Waals surface area contributed by atoms with Gasteiger partial charge in [-0.25, -0.2) is 9.59 Å². The highest BCUT2D eigenvalue weighted by atomic mass is 16.6. The molecular formula is C12H23N3O3. The molecule has 6 nitrogen and oxygen atoms in total. The van der Waals surface area contributed by atoms with E-state index in [0.29, 0.717) is 19.7 Å². The number of unbranched alkanes of at least 4 members (excludes halogenated alkanes) is 2. The second-order valence-corrected chi connectivity index (χ2v) is 4.59. The number of carbonyl (C=O) groups excluding carboxylic acids is 2. The van der Waals surface area contributed by atoms with Crippen molar-refractivity contribution in [3.05, 3.63) is 0 Å². The van der Waals surface area contributed by atoms with Crippen LogP contribution in [0, 0.1) is 0 Å². The third kappa shape index (κ3) is 5.25. The highest BCUT2D eigenvalue weighted by Crippen LogP contribution is 2.10. The van der Waals surface area contributed by atoms with Crippen LogP contribution >= 0.6 is 0 Å². The zero-order chi connectivity index (χ0) is 13.4. The average molecular weight is 257 g/mol. The van der Waals surface area contributed by atoms with Crippen LogP contribution in [0.2, 0.25) is 0 Å². The summed E-state index contributed by atoms with van der Waals surface area (Å²) in [4.78, 5) is 23.8. The molecule has 3 amide bonds. The Labute approximate surface area is 108 Å². The quantitative estimate of drug-likeness (QED) is 0.645. The Kier molecular flexibility index (Phi) is 6.32. The predicted molar refractivity (Wildman–Crippen MR) is 68.2 cm³/mol. The van der Waals surface area contributed by atoms with E-state index in [0.717, 1.165) is 32.1 Å². The predicted octanol–water partition coefficient (Wildman–Crippen LogP) is 1.45. The van der Waals surface area contributed by atoms with Gasteiger partial charge < -0.3 is 20.7 Å². The summed E-state index contributed by atoms with van der Waals surface area (Å²) in [6.07, 6.45) is 4.71. The van der Waals surface area contributed by atoms with Crippen LogP contribution in [-0.4, -0.2) is 42.8 Å². The van der Waals surface area contributed by atoms with E-state index >= 15 is 0 Å². The molecule has 0 aromatic heterocycles. The lowest BCUT2D eigenvalue weighted by atomic mass is 10.1. The van der Waals surface area contributed by atoms with Gasteiger partial charge in [-0.3, -0.25) is 0 Å². The molecule has 1 heterocycles. The lowest BCUT2D eigenvalue weighted by molar-refractivity contribution is 0.157. The Balaban J connectivity index is 2.30. The van der Waals surface area contributed by atoms with Crippen LogP contribution < -0.4 is 11.1 Å². The van der Waals surface area contributed by atoms with E-state index in [9.17, 15) is 9.59 Å². The first-order valence-electron chi connectivity index (χ1n) is 6.61. The lowest BCUT2D eigenvalue weighted by Gasteiger charge is -2.20. The van der Waals surface area contributed by atoms with E-state index in [2.05, 4.69) is 12.2 Å². The summed E-state index contributed by atoms with van der Waals surface area (Å²) in [5, 5.41) is 2.74. The minimum absolute atomic E-state index is 0.0439. The number of nitrogens with zero attached hydrogens (tertiary/aromatic N) is 1. The van der Waals surface area contributed by atoms with Crippen molar-refractivity contribution < 1.29 is 14.3 Å². The summed E-state index contributed by atoms with van der Waals surface area (Å²) in [5.74, 6) is 0. The number of rotatable bonds is 8. The molecule has 6 heteroatoms. The summed E-state index contributed by atoms with van der Waals surface area (Å²) in [6, 6.07) is -0.456. The average Bonchev–Trinajstić information content (AvgIpc) is 2.71. The third-order valence-electron chi connectivity index (χ3n) is 3.09. The first-order chi connectivity index (χ1) is 8.63. The number of carbonyl (C=O) groups is 2. The van der Waals surface area contributed by atoms with Gasteiger partial charge in [0.25, 0.3) is 0 Å². The molecule has 104 valence electrons. The zero-order valence-corrected chi connectivity index (χ0v) is 11.0. The third-order valence-corrected chi connectivity index (χ3v) is 3.09. The second kappa shape index (κ2) is 7.79. The molecule has 0 bridgehead atoms. The van der Waals surface area contributed by atoms with E-state index < -0.39 is 6.03 Å². The van der Waals surface area contributed by atoms with Crippen molar-refractivity contribution in [2.24, 2.45) is 5.73 Å². The van der Waals surface area contributed by atoms with Gasteiger partial charge in [0.15, 0.2) is 0 Å². The molecular weight excluding hydrogens is 234 g/mol. The number of nitrogens with one attached hydrogen (secondary N) is 1. The number of cyclic esters (lactones) is 1.